The number of amides is 3. The molecule has 0 radical (unpaired) electrons. The number of ketones is 1. The smallest absolute Gasteiger partial charge is 0.321 e. The van der Waals surface area contributed by atoms with E-state index in [9.17, 15) is 24.3 Å². The van der Waals surface area contributed by atoms with Gasteiger partial charge < -0.3 is 20.2 Å². The summed E-state index contributed by atoms with van der Waals surface area (Å²) in [6, 6.07) is 6.37. The Hall–Kier alpha value is -2.90. The number of nitrogens with one attached hydrogen (secondary N) is 1. The van der Waals surface area contributed by atoms with Crippen molar-refractivity contribution in [1.82, 2.24) is 9.80 Å². The molecule has 3 rings (SSSR count). The number of aliphatic carboxylic acids is 1. The Morgan fingerprint density at radius 1 is 1.15 bits per heavy atom. The second-order valence-corrected chi connectivity index (χ2v) is 7.20. The summed E-state index contributed by atoms with van der Waals surface area (Å²) in [7, 11) is 1.65. The van der Waals surface area contributed by atoms with Crippen molar-refractivity contribution in [1.29, 1.82) is 0 Å². The van der Waals surface area contributed by atoms with Crippen molar-refractivity contribution in [2.24, 2.45) is 5.92 Å². The first kappa shape index (κ1) is 18.9. The summed E-state index contributed by atoms with van der Waals surface area (Å²) in [5.74, 6) is -1.90. The third-order valence-corrected chi connectivity index (χ3v) is 5.83. The maximum atomic E-state index is 12.5. The maximum Gasteiger partial charge on any atom is 0.321 e. The number of hydrogen-bond donors (Lipinski definition) is 2. The zero-order valence-corrected chi connectivity index (χ0v) is 15.4. The molecule has 1 aromatic carbocycles. The van der Waals surface area contributed by atoms with Gasteiger partial charge in [-0.1, -0.05) is 0 Å². The van der Waals surface area contributed by atoms with Crippen LogP contribution >= 0.6 is 0 Å². The number of benzene rings is 1. The lowest BCUT2D eigenvalue weighted by Crippen LogP contribution is -2.57. The fraction of sp³-hybridized carbons (Fsp3) is 0.474. The van der Waals surface area contributed by atoms with E-state index in [0.29, 0.717) is 37.2 Å². The van der Waals surface area contributed by atoms with Crippen LogP contribution in [0.15, 0.2) is 24.3 Å². The number of carbonyl (C=O) groups is 4. The molecule has 2 saturated heterocycles. The monoisotopic (exact) mass is 373 g/mol. The predicted octanol–water partition coefficient (Wildman–Crippen LogP) is 1.82. The summed E-state index contributed by atoms with van der Waals surface area (Å²) in [5.41, 5.74) is 0.437. The number of likely N-dealkylation sites (tertiary alicyclic amines) is 2. The Bertz CT molecular complexity index is 781. The van der Waals surface area contributed by atoms with Crippen LogP contribution < -0.4 is 5.32 Å². The van der Waals surface area contributed by atoms with Crippen LogP contribution in [0.5, 0.6) is 0 Å². The second kappa shape index (κ2) is 7.02. The molecule has 2 aliphatic rings. The van der Waals surface area contributed by atoms with Crippen LogP contribution in [0.3, 0.4) is 0 Å². The second-order valence-electron chi connectivity index (χ2n) is 7.20. The molecule has 0 aromatic heterocycles. The predicted molar refractivity (Wildman–Crippen MR) is 97.5 cm³/mol. The highest BCUT2D eigenvalue weighted by atomic mass is 16.4. The average molecular weight is 373 g/mol. The summed E-state index contributed by atoms with van der Waals surface area (Å²) >= 11 is 0. The van der Waals surface area contributed by atoms with Gasteiger partial charge in [0.15, 0.2) is 5.78 Å². The molecule has 2 heterocycles. The van der Waals surface area contributed by atoms with Gasteiger partial charge in [-0.25, -0.2) is 4.79 Å². The first-order valence-corrected chi connectivity index (χ1v) is 8.91. The minimum absolute atomic E-state index is 0.0144. The van der Waals surface area contributed by atoms with E-state index in [1.54, 1.807) is 41.1 Å². The third-order valence-electron chi connectivity index (χ3n) is 5.83. The van der Waals surface area contributed by atoms with E-state index in [2.05, 4.69) is 5.32 Å². The first-order valence-electron chi connectivity index (χ1n) is 8.91. The zero-order chi connectivity index (χ0) is 19.8. The van der Waals surface area contributed by atoms with Gasteiger partial charge in [0.2, 0.25) is 5.91 Å². The molecule has 144 valence electrons. The van der Waals surface area contributed by atoms with E-state index >= 15 is 0 Å². The number of carboxylic acid groups (broad SMARTS) is 1. The molecular formula is C19H23N3O5. The molecule has 2 fully saturated rings. The van der Waals surface area contributed by atoms with Crippen LogP contribution in [0.1, 0.15) is 36.5 Å². The van der Waals surface area contributed by atoms with E-state index in [0.717, 1.165) is 0 Å². The van der Waals surface area contributed by atoms with E-state index in [-0.39, 0.29) is 24.1 Å². The lowest BCUT2D eigenvalue weighted by atomic mass is 9.77. The number of anilines is 1. The lowest BCUT2D eigenvalue weighted by molar-refractivity contribution is -0.145. The van der Waals surface area contributed by atoms with Gasteiger partial charge in [0.1, 0.15) is 0 Å². The van der Waals surface area contributed by atoms with Gasteiger partial charge in [0.25, 0.3) is 0 Å². The molecule has 1 unspecified atom stereocenters. The molecule has 27 heavy (non-hydrogen) atoms. The quantitative estimate of drug-likeness (QED) is 0.786. The fourth-order valence-electron chi connectivity index (χ4n) is 4.07. The fourth-order valence-corrected chi connectivity index (χ4v) is 4.07. The van der Waals surface area contributed by atoms with Crippen molar-refractivity contribution < 1.29 is 24.3 Å². The van der Waals surface area contributed by atoms with Crippen molar-refractivity contribution in [3.05, 3.63) is 29.8 Å². The van der Waals surface area contributed by atoms with Gasteiger partial charge in [0.05, 0.1) is 11.5 Å². The topological polar surface area (TPSA) is 107 Å². The van der Waals surface area contributed by atoms with Gasteiger partial charge in [-0.2, -0.15) is 0 Å². The van der Waals surface area contributed by atoms with E-state index < -0.39 is 17.4 Å². The van der Waals surface area contributed by atoms with Crippen molar-refractivity contribution in [3.63, 3.8) is 0 Å². The number of carbonyl (C=O) groups excluding carboxylic acids is 3. The molecule has 3 amide bonds. The summed E-state index contributed by atoms with van der Waals surface area (Å²) in [5, 5.41) is 12.3. The molecule has 0 bridgehead atoms. The summed E-state index contributed by atoms with van der Waals surface area (Å²) in [6.45, 7) is 2.23. The van der Waals surface area contributed by atoms with Crippen LogP contribution in [0, 0.1) is 5.92 Å². The minimum Gasteiger partial charge on any atom is -0.481 e. The minimum atomic E-state index is -0.962. The molecule has 8 nitrogen and oxygen atoms in total. The highest BCUT2D eigenvalue weighted by molar-refractivity contribution is 5.95. The lowest BCUT2D eigenvalue weighted by Gasteiger charge is -2.45. The van der Waals surface area contributed by atoms with Gasteiger partial charge in [-0.05, 0) is 44.0 Å². The molecule has 0 saturated carbocycles. The summed E-state index contributed by atoms with van der Waals surface area (Å²) in [4.78, 5) is 50.6. The van der Waals surface area contributed by atoms with Crippen molar-refractivity contribution in [2.45, 2.75) is 31.7 Å². The van der Waals surface area contributed by atoms with Crippen molar-refractivity contribution >= 4 is 29.4 Å². The molecule has 1 atom stereocenters. The highest BCUT2D eigenvalue weighted by Crippen LogP contribution is 2.42. The van der Waals surface area contributed by atoms with Crippen molar-refractivity contribution in [2.75, 3.05) is 25.5 Å². The molecule has 2 N–H and O–H groups in total. The summed E-state index contributed by atoms with van der Waals surface area (Å²) in [6.07, 6.45) is 0.881. The van der Waals surface area contributed by atoms with E-state index in [1.165, 1.54) is 6.92 Å². The molecule has 2 aliphatic heterocycles. The number of piperidine rings is 1. The Kier molecular flexibility index (Phi) is 4.91. The number of Topliss-reactive ketones (excluding diaryl/α,β-unsaturated/α-hetero) is 1. The molecule has 1 aromatic rings. The maximum absolute atomic E-state index is 12.5. The zero-order valence-electron chi connectivity index (χ0n) is 15.4. The SMILES string of the molecule is CC(=O)c1ccc(NC(=O)N2CCC3(CC2)C(C(=O)O)CC(=O)N3C)cc1. The normalized spacial score (nSPS) is 21.4. The first-order chi connectivity index (χ1) is 12.7. The number of urea groups is 1. The van der Waals surface area contributed by atoms with Crippen LogP contribution in [0.25, 0.3) is 0 Å². The largest absolute Gasteiger partial charge is 0.481 e. The Balaban J connectivity index is 1.64. The van der Waals surface area contributed by atoms with Crippen LogP contribution in [0.4, 0.5) is 10.5 Å². The number of hydrogen-bond acceptors (Lipinski definition) is 4. The van der Waals surface area contributed by atoms with Gasteiger partial charge in [0, 0.05) is 37.8 Å². The molecule has 8 heteroatoms. The van der Waals surface area contributed by atoms with E-state index in [4.69, 9.17) is 0 Å². The molecular weight excluding hydrogens is 350 g/mol. The standard InChI is InChI=1S/C19H23N3O5/c1-12(23)13-3-5-14(6-4-13)20-18(27)22-9-7-19(8-10-22)15(17(25)26)11-16(24)21(19)2/h3-6,15H,7-11H2,1-2H3,(H,20,27)(H,25,26). The molecule has 1 spiro atoms. The van der Waals surface area contributed by atoms with Crippen LogP contribution in [-0.2, 0) is 9.59 Å². The van der Waals surface area contributed by atoms with E-state index in [1.807, 2.05) is 0 Å². The van der Waals surface area contributed by atoms with Crippen molar-refractivity contribution in [3.8, 4) is 0 Å². The molecule has 0 aliphatic carbocycles. The number of rotatable bonds is 3. The van der Waals surface area contributed by atoms with Gasteiger partial charge in [-0.3, -0.25) is 14.4 Å². The van der Waals surface area contributed by atoms with Gasteiger partial charge >= 0.3 is 12.0 Å². The van der Waals surface area contributed by atoms with Gasteiger partial charge in [-0.15, -0.1) is 0 Å². The Morgan fingerprint density at radius 3 is 2.26 bits per heavy atom. The Labute approximate surface area is 157 Å². The summed E-state index contributed by atoms with van der Waals surface area (Å²) < 4.78 is 0. The highest BCUT2D eigenvalue weighted by Gasteiger charge is 2.55. The number of nitrogens with zero attached hydrogens (tertiary/aromatic N) is 2. The third kappa shape index (κ3) is 3.39. The number of carboxylic acids is 1. The Morgan fingerprint density at radius 2 is 1.74 bits per heavy atom. The van der Waals surface area contributed by atoms with Crippen LogP contribution in [-0.4, -0.2) is 64.3 Å². The average Bonchev–Trinajstić information content (AvgIpc) is 2.88. The van der Waals surface area contributed by atoms with Crippen LogP contribution in [0.2, 0.25) is 0 Å².